The van der Waals surface area contributed by atoms with E-state index in [-0.39, 0.29) is 5.52 Å². The minimum Gasteiger partial charge on any atom is -0.504 e. The molecule has 1 aliphatic carbocycles. The first-order valence-electron chi connectivity index (χ1n) is 10.7. The highest BCUT2D eigenvalue weighted by Crippen LogP contribution is 2.36. The van der Waals surface area contributed by atoms with E-state index in [0.29, 0.717) is 28.2 Å². The first-order chi connectivity index (χ1) is 15.0. The molecule has 0 bridgehead atoms. The van der Waals surface area contributed by atoms with E-state index in [2.05, 4.69) is 37.4 Å². The lowest BCUT2D eigenvalue weighted by Gasteiger charge is -2.19. The summed E-state index contributed by atoms with van der Waals surface area (Å²) in [6, 6.07) is 9.03. The van der Waals surface area contributed by atoms with Gasteiger partial charge in [0, 0.05) is 55.1 Å². The number of phenols is 1. The van der Waals surface area contributed by atoms with Gasteiger partial charge >= 0.3 is 0 Å². The number of fused-ring (bicyclic) bond motifs is 2. The van der Waals surface area contributed by atoms with Gasteiger partial charge in [0.05, 0.1) is 22.9 Å². The number of phenolic OH excluding ortho intramolecular Hbond substituents is 1. The van der Waals surface area contributed by atoms with Gasteiger partial charge in [-0.1, -0.05) is 0 Å². The second-order valence-corrected chi connectivity index (χ2v) is 8.63. The molecule has 1 saturated heterocycles. The van der Waals surface area contributed by atoms with Crippen molar-refractivity contribution in [2.75, 3.05) is 18.0 Å². The lowest BCUT2D eigenvalue weighted by atomic mass is 10.1. The van der Waals surface area contributed by atoms with Crippen molar-refractivity contribution in [3.63, 3.8) is 0 Å². The van der Waals surface area contributed by atoms with Gasteiger partial charge in [-0.15, -0.1) is 0 Å². The lowest BCUT2D eigenvalue weighted by Crippen LogP contribution is -2.33. The monoisotopic (exact) mass is 418 g/mol. The maximum absolute atomic E-state index is 14.6. The van der Waals surface area contributed by atoms with Crippen LogP contribution in [-0.4, -0.2) is 50.0 Å². The molecule has 6 rings (SSSR count). The topological polar surface area (TPSA) is 79.1 Å². The summed E-state index contributed by atoms with van der Waals surface area (Å²) >= 11 is 0. The van der Waals surface area contributed by atoms with Gasteiger partial charge in [-0.25, -0.2) is 9.37 Å². The molecule has 158 valence electrons. The molecular weight excluding hydrogens is 395 g/mol. The molecule has 4 aromatic rings. The second-order valence-electron chi connectivity index (χ2n) is 8.63. The number of aromatic nitrogens is 4. The molecule has 2 aromatic heterocycles. The van der Waals surface area contributed by atoms with Gasteiger partial charge in [-0.2, -0.15) is 5.10 Å². The number of rotatable bonds is 4. The predicted octanol–water partition coefficient (Wildman–Crippen LogP) is 3.36. The number of aromatic hydroxyl groups is 1. The maximum atomic E-state index is 14.6. The minimum atomic E-state index is -0.742. The Morgan fingerprint density at radius 3 is 2.84 bits per heavy atom. The standard InChI is InChI=1S/C23H23FN6O/c1-29-11-13-8-17(23(31)21(24)22(13)28-29)20-10-25-19-9-16(4-5-18(19)27-20)30-7-6-15(12-30)26-14-2-3-14/h4-5,8-11,14-15,26,31H,2-3,6-7,12H2,1H3/t15-/m0/s1. The quantitative estimate of drug-likeness (QED) is 0.529. The van der Waals surface area contributed by atoms with E-state index in [0.717, 1.165) is 36.8 Å². The van der Waals surface area contributed by atoms with Crippen LogP contribution in [0.15, 0.2) is 36.7 Å². The number of hydrogen-bond donors (Lipinski definition) is 2. The summed E-state index contributed by atoms with van der Waals surface area (Å²) < 4.78 is 16.1. The van der Waals surface area contributed by atoms with Gasteiger partial charge in [-0.05, 0) is 43.5 Å². The number of nitrogens with zero attached hydrogens (tertiary/aromatic N) is 5. The van der Waals surface area contributed by atoms with Gasteiger partial charge in [0.1, 0.15) is 5.52 Å². The van der Waals surface area contributed by atoms with Gasteiger partial charge in [0.15, 0.2) is 11.6 Å². The van der Waals surface area contributed by atoms with Gasteiger partial charge < -0.3 is 15.3 Å². The summed E-state index contributed by atoms with van der Waals surface area (Å²) in [4.78, 5) is 11.6. The zero-order valence-corrected chi connectivity index (χ0v) is 17.2. The summed E-state index contributed by atoms with van der Waals surface area (Å²) in [5.41, 5.74) is 3.51. The predicted molar refractivity (Wildman–Crippen MR) is 118 cm³/mol. The molecule has 0 unspecified atom stereocenters. The van der Waals surface area contributed by atoms with Crippen molar-refractivity contribution in [1.82, 2.24) is 25.1 Å². The van der Waals surface area contributed by atoms with Gasteiger partial charge in [0.2, 0.25) is 0 Å². The fraction of sp³-hybridized carbons (Fsp3) is 0.348. The Hall–Kier alpha value is -3.26. The van der Waals surface area contributed by atoms with Crippen molar-refractivity contribution in [1.29, 1.82) is 0 Å². The van der Waals surface area contributed by atoms with Crippen molar-refractivity contribution in [2.45, 2.75) is 31.3 Å². The van der Waals surface area contributed by atoms with Crippen molar-refractivity contribution in [2.24, 2.45) is 7.05 Å². The maximum Gasteiger partial charge on any atom is 0.193 e. The molecule has 8 heteroatoms. The molecule has 7 nitrogen and oxygen atoms in total. The fourth-order valence-electron chi connectivity index (χ4n) is 4.47. The number of benzene rings is 2. The third-order valence-corrected chi connectivity index (χ3v) is 6.23. The lowest BCUT2D eigenvalue weighted by molar-refractivity contribution is 0.437. The Labute approximate surface area is 178 Å². The van der Waals surface area contributed by atoms with Crippen molar-refractivity contribution >= 4 is 27.6 Å². The first kappa shape index (κ1) is 18.5. The second kappa shape index (κ2) is 6.88. The number of hydrogen-bond acceptors (Lipinski definition) is 6. The van der Waals surface area contributed by atoms with E-state index in [1.165, 1.54) is 17.5 Å². The van der Waals surface area contributed by atoms with Crippen LogP contribution >= 0.6 is 0 Å². The third-order valence-electron chi connectivity index (χ3n) is 6.23. The zero-order valence-electron chi connectivity index (χ0n) is 17.2. The third kappa shape index (κ3) is 3.27. The Morgan fingerprint density at radius 1 is 1.13 bits per heavy atom. The highest BCUT2D eigenvalue weighted by Gasteiger charge is 2.29. The fourth-order valence-corrected chi connectivity index (χ4v) is 4.47. The largest absolute Gasteiger partial charge is 0.504 e. The molecular formula is C23H23FN6O. The minimum absolute atomic E-state index is 0.141. The Morgan fingerprint density at radius 2 is 2.00 bits per heavy atom. The molecule has 2 aromatic carbocycles. The average molecular weight is 418 g/mol. The van der Waals surface area contributed by atoms with Crippen LogP contribution in [0.3, 0.4) is 0 Å². The Bertz CT molecular complexity index is 1310. The van der Waals surface area contributed by atoms with Crippen LogP contribution in [0.2, 0.25) is 0 Å². The molecule has 1 saturated carbocycles. The summed E-state index contributed by atoms with van der Waals surface area (Å²) in [6.07, 6.45) is 7.06. The normalized spacial score (nSPS) is 19.0. The van der Waals surface area contributed by atoms with Crippen LogP contribution in [0, 0.1) is 5.82 Å². The van der Waals surface area contributed by atoms with E-state index < -0.39 is 11.6 Å². The van der Waals surface area contributed by atoms with E-state index in [9.17, 15) is 9.50 Å². The zero-order chi connectivity index (χ0) is 21.1. The Balaban J connectivity index is 1.32. The number of nitrogens with one attached hydrogen (secondary N) is 1. The van der Waals surface area contributed by atoms with Crippen LogP contribution in [0.5, 0.6) is 5.75 Å². The van der Waals surface area contributed by atoms with E-state index in [1.54, 1.807) is 25.5 Å². The highest BCUT2D eigenvalue weighted by molar-refractivity contribution is 5.89. The summed E-state index contributed by atoms with van der Waals surface area (Å²) in [5, 5.41) is 18.8. The summed E-state index contributed by atoms with van der Waals surface area (Å²) in [5.74, 6) is -1.20. The van der Waals surface area contributed by atoms with Crippen LogP contribution < -0.4 is 10.2 Å². The number of halogens is 1. The number of anilines is 1. The van der Waals surface area contributed by atoms with Crippen LogP contribution in [-0.2, 0) is 7.05 Å². The molecule has 0 amide bonds. The van der Waals surface area contributed by atoms with Crippen molar-refractivity contribution in [3.05, 3.63) is 42.5 Å². The molecule has 1 aliphatic heterocycles. The van der Waals surface area contributed by atoms with E-state index in [4.69, 9.17) is 0 Å². The average Bonchev–Trinajstić information content (AvgIpc) is 3.32. The molecule has 31 heavy (non-hydrogen) atoms. The smallest absolute Gasteiger partial charge is 0.193 e. The first-order valence-corrected chi connectivity index (χ1v) is 10.7. The van der Waals surface area contributed by atoms with Crippen LogP contribution in [0.25, 0.3) is 33.2 Å². The molecule has 3 heterocycles. The van der Waals surface area contributed by atoms with E-state index in [1.807, 2.05) is 6.07 Å². The SMILES string of the molecule is Cn1cc2cc(-c3cnc4cc(N5CC[C@H](NC6CC6)C5)ccc4n3)c(O)c(F)c2n1. The van der Waals surface area contributed by atoms with Crippen LogP contribution in [0.4, 0.5) is 10.1 Å². The van der Waals surface area contributed by atoms with Crippen LogP contribution in [0.1, 0.15) is 19.3 Å². The van der Waals surface area contributed by atoms with E-state index >= 15 is 0 Å². The highest BCUT2D eigenvalue weighted by atomic mass is 19.1. The molecule has 2 aliphatic rings. The molecule has 2 fully saturated rings. The molecule has 0 radical (unpaired) electrons. The molecule has 0 spiro atoms. The number of aryl methyl sites for hydroxylation is 1. The van der Waals surface area contributed by atoms with Crippen molar-refractivity contribution in [3.8, 4) is 17.0 Å². The molecule has 2 N–H and O–H groups in total. The molecule has 1 atom stereocenters. The van der Waals surface area contributed by atoms with Gasteiger partial charge in [-0.3, -0.25) is 9.67 Å². The Kier molecular flexibility index (Phi) is 4.11. The summed E-state index contributed by atoms with van der Waals surface area (Å²) in [7, 11) is 1.72. The summed E-state index contributed by atoms with van der Waals surface area (Å²) in [6.45, 7) is 2.03. The van der Waals surface area contributed by atoms with Gasteiger partial charge in [0.25, 0.3) is 0 Å². The van der Waals surface area contributed by atoms with Crippen molar-refractivity contribution < 1.29 is 9.50 Å².